The number of ether oxygens (including phenoxy) is 5. The van der Waals surface area contributed by atoms with Gasteiger partial charge in [-0.25, -0.2) is 0 Å². The van der Waals surface area contributed by atoms with Gasteiger partial charge >= 0.3 is 23.9 Å². The van der Waals surface area contributed by atoms with E-state index in [1.807, 2.05) is 0 Å². The second kappa shape index (κ2) is 9.59. The van der Waals surface area contributed by atoms with Crippen molar-refractivity contribution in [2.45, 2.75) is 58.3 Å². The number of rotatable bonds is 6. The van der Waals surface area contributed by atoms with Crippen molar-refractivity contribution >= 4 is 23.9 Å². The van der Waals surface area contributed by atoms with Crippen molar-refractivity contribution in [3.8, 4) is 0 Å². The zero-order valence-electron chi connectivity index (χ0n) is 14.6. The third kappa shape index (κ3) is 6.22. The van der Waals surface area contributed by atoms with E-state index in [0.29, 0.717) is 0 Å². The fourth-order valence-electron chi connectivity index (χ4n) is 2.33. The first-order valence-electron chi connectivity index (χ1n) is 7.50. The lowest BCUT2D eigenvalue weighted by Gasteiger charge is -2.42. The molecule has 0 bridgehead atoms. The Balaban J connectivity index is 3.28. The molecule has 1 heterocycles. The predicted octanol–water partition coefficient (Wildman–Crippen LogP) is 0.380. The third-order valence-corrected chi connectivity index (χ3v) is 3.14. The zero-order chi connectivity index (χ0) is 19.9. The van der Waals surface area contributed by atoms with Crippen molar-refractivity contribution in [3.63, 3.8) is 0 Å². The number of esters is 4. The first-order chi connectivity index (χ1) is 12.1. The summed E-state index contributed by atoms with van der Waals surface area (Å²) in [4.78, 5) is 47.9. The molecule has 26 heavy (non-hydrogen) atoms. The fourth-order valence-corrected chi connectivity index (χ4v) is 2.33. The quantitative estimate of drug-likeness (QED) is 0.210. The van der Waals surface area contributed by atoms with Crippen LogP contribution in [0, 0.1) is 0 Å². The minimum Gasteiger partial charge on any atom is -0.463 e. The largest absolute Gasteiger partial charge is 0.463 e. The number of carbonyl (C=O) groups excluding carboxylic acids is 4. The molecule has 0 radical (unpaired) electrons. The van der Waals surface area contributed by atoms with Crippen LogP contribution in [0.15, 0.2) is 5.11 Å². The normalized spacial score (nSPS) is 27.5. The van der Waals surface area contributed by atoms with Crippen LogP contribution in [0.25, 0.3) is 10.4 Å². The van der Waals surface area contributed by atoms with E-state index in [4.69, 9.17) is 29.2 Å². The summed E-state index contributed by atoms with van der Waals surface area (Å²) in [6, 6.07) is -1.33. The van der Waals surface area contributed by atoms with Crippen LogP contribution < -0.4 is 0 Å². The fraction of sp³-hybridized carbons (Fsp3) is 0.714. The van der Waals surface area contributed by atoms with Crippen molar-refractivity contribution in [1.82, 2.24) is 0 Å². The Morgan fingerprint density at radius 1 is 0.923 bits per heavy atom. The smallest absolute Gasteiger partial charge is 0.304 e. The number of carbonyl (C=O) groups is 4. The van der Waals surface area contributed by atoms with Crippen LogP contribution in [0.4, 0.5) is 0 Å². The van der Waals surface area contributed by atoms with Crippen LogP contribution >= 0.6 is 0 Å². The monoisotopic (exact) mass is 373 g/mol. The molecule has 0 saturated carbocycles. The lowest BCUT2D eigenvalue weighted by Crippen LogP contribution is -2.61. The number of hydrogen-bond donors (Lipinski definition) is 0. The molecule has 1 rings (SSSR count). The standard InChI is InChI=1S/C14H19N3O9/c1-6(18)22-5-10-12(23-7(2)19)13(24-8(3)20)11(16-17-15)14(26-10)25-9(4)21/h10-14H,5H2,1-4H3/t10?,11?,12?,13-,14-/m0/s1. The lowest BCUT2D eigenvalue weighted by molar-refractivity contribution is -0.267. The molecule has 0 spiro atoms. The third-order valence-electron chi connectivity index (χ3n) is 3.14. The molecule has 12 heteroatoms. The predicted molar refractivity (Wildman–Crippen MR) is 81.1 cm³/mol. The van der Waals surface area contributed by atoms with Gasteiger partial charge in [-0.2, -0.15) is 0 Å². The van der Waals surface area contributed by atoms with Crippen LogP contribution in [0.3, 0.4) is 0 Å². The zero-order valence-corrected chi connectivity index (χ0v) is 14.6. The summed E-state index contributed by atoms with van der Waals surface area (Å²) < 4.78 is 25.5. The van der Waals surface area contributed by atoms with Crippen LogP contribution in [-0.2, 0) is 42.9 Å². The summed E-state index contributed by atoms with van der Waals surface area (Å²) in [5.74, 6) is -2.90. The summed E-state index contributed by atoms with van der Waals surface area (Å²) in [6.07, 6.45) is -5.18. The van der Waals surface area contributed by atoms with Crippen LogP contribution in [0.2, 0.25) is 0 Å². The molecule has 144 valence electrons. The average molecular weight is 373 g/mol. The van der Waals surface area contributed by atoms with E-state index in [2.05, 4.69) is 10.0 Å². The minimum atomic E-state index is -1.44. The van der Waals surface area contributed by atoms with Gasteiger partial charge < -0.3 is 23.7 Å². The highest BCUT2D eigenvalue weighted by Gasteiger charge is 2.51. The number of nitrogens with zero attached hydrogens (tertiary/aromatic N) is 3. The molecule has 0 aliphatic carbocycles. The van der Waals surface area contributed by atoms with Crippen molar-refractivity contribution in [3.05, 3.63) is 10.4 Å². The maximum atomic E-state index is 11.5. The molecule has 1 aliphatic rings. The van der Waals surface area contributed by atoms with E-state index in [1.54, 1.807) is 0 Å². The number of hydrogen-bond acceptors (Lipinski definition) is 10. The van der Waals surface area contributed by atoms with Crippen LogP contribution in [0.1, 0.15) is 27.7 Å². The molecule has 0 N–H and O–H groups in total. The van der Waals surface area contributed by atoms with E-state index in [-0.39, 0.29) is 6.61 Å². The second-order valence-electron chi connectivity index (χ2n) is 5.30. The van der Waals surface area contributed by atoms with Gasteiger partial charge in [-0.05, 0) is 5.53 Å². The van der Waals surface area contributed by atoms with E-state index in [0.717, 1.165) is 27.7 Å². The maximum absolute atomic E-state index is 11.5. The molecule has 0 aromatic carbocycles. The Kier molecular flexibility index (Phi) is 7.81. The summed E-state index contributed by atoms with van der Waals surface area (Å²) in [5.41, 5.74) is 8.78. The summed E-state index contributed by atoms with van der Waals surface area (Å²) >= 11 is 0. The van der Waals surface area contributed by atoms with Crippen LogP contribution in [-0.4, -0.2) is 61.1 Å². The van der Waals surface area contributed by atoms with E-state index < -0.39 is 54.5 Å². The Morgan fingerprint density at radius 2 is 1.46 bits per heavy atom. The molecule has 0 aromatic rings. The van der Waals surface area contributed by atoms with E-state index in [1.165, 1.54) is 0 Å². The summed E-state index contributed by atoms with van der Waals surface area (Å²) in [7, 11) is 0. The average Bonchev–Trinajstić information content (AvgIpc) is 2.49. The van der Waals surface area contributed by atoms with Gasteiger partial charge in [-0.15, -0.1) is 0 Å². The van der Waals surface area contributed by atoms with E-state index in [9.17, 15) is 19.2 Å². The van der Waals surface area contributed by atoms with Gasteiger partial charge in [-0.1, -0.05) is 5.11 Å². The van der Waals surface area contributed by atoms with E-state index >= 15 is 0 Å². The molecule has 1 fully saturated rings. The second-order valence-corrected chi connectivity index (χ2v) is 5.30. The highest BCUT2D eigenvalue weighted by molar-refractivity contribution is 5.68. The minimum absolute atomic E-state index is 0.383. The molecule has 1 saturated heterocycles. The Hall–Kier alpha value is -2.85. The van der Waals surface area contributed by atoms with Gasteiger partial charge in [0.15, 0.2) is 12.2 Å². The molecular formula is C14H19N3O9. The van der Waals surface area contributed by atoms with Crippen molar-refractivity contribution in [2.24, 2.45) is 5.11 Å². The SMILES string of the molecule is CC(=O)OCC1O[C@H](OC(C)=O)C(N=[N+]=[N-])[C@H](OC(C)=O)C1OC(C)=O. The summed E-state index contributed by atoms with van der Waals surface area (Å²) in [6.45, 7) is 4.06. The molecule has 1 aliphatic heterocycles. The Labute approximate surface area is 148 Å². The van der Waals surface area contributed by atoms with Gasteiger partial charge in [0.2, 0.25) is 6.29 Å². The van der Waals surface area contributed by atoms with Gasteiger partial charge in [0, 0.05) is 32.6 Å². The first kappa shape index (κ1) is 21.2. The highest BCUT2D eigenvalue weighted by atomic mass is 16.7. The topological polar surface area (TPSA) is 163 Å². The maximum Gasteiger partial charge on any atom is 0.304 e. The van der Waals surface area contributed by atoms with Gasteiger partial charge in [-0.3, -0.25) is 19.2 Å². The Bertz CT molecular complexity index is 617. The highest BCUT2D eigenvalue weighted by Crippen LogP contribution is 2.29. The van der Waals surface area contributed by atoms with Gasteiger partial charge in [0.25, 0.3) is 0 Å². The molecule has 0 aromatic heterocycles. The molecule has 0 amide bonds. The van der Waals surface area contributed by atoms with Crippen LogP contribution in [0.5, 0.6) is 0 Å². The molecule has 5 atom stereocenters. The van der Waals surface area contributed by atoms with Crippen molar-refractivity contribution in [1.29, 1.82) is 0 Å². The van der Waals surface area contributed by atoms with Gasteiger partial charge in [0.1, 0.15) is 18.8 Å². The van der Waals surface area contributed by atoms with Gasteiger partial charge in [0.05, 0.1) is 0 Å². The van der Waals surface area contributed by atoms with Crippen molar-refractivity contribution in [2.75, 3.05) is 6.61 Å². The molecular weight excluding hydrogens is 354 g/mol. The lowest BCUT2D eigenvalue weighted by atomic mass is 9.97. The number of azide groups is 1. The molecule has 12 nitrogen and oxygen atoms in total. The summed E-state index contributed by atoms with van der Waals surface area (Å²) in [5, 5.41) is 3.44. The first-order valence-corrected chi connectivity index (χ1v) is 7.50. The Morgan fingerprint density at radius 3 is 1.92 bits per heavy atom. The molecule has 3 unspecified atom stereocenters. The van der Waals surface area contributed by atoms with Crippen molar-refractivity contribution < 1.29 is 42.9 Å².